The van der Waals surface area contributed by atoms with Crippen LogP contribution in [0.15, 0.2) is 48.6 Å². The molecule has 0 aromatic rings. The predicted molar refractivity (Wildman–Crippen MR) is 256 cm³/mol. The number of hydrogen-bond acceptors (Lipinski definition) is 7. The van der Waals surface area contributed by atoms with Gasteiger partial charge in [-0.05, 0) is 77.0 Å². The Bertz CT molecular complexity index is 1060. The van der Waals surface area contributed by atoms with E-state index >= 15 is 0 Å². The van der Waals surface area contributed by atoms with Gasteiger partial charge in [-0.2, -0.15) is 0 Å². The number of unbranched alkanes of at least 4 members (excludes halogenated alkanes) is 27. The van der Waals surface area contributed by atoms with Gasteiger partial charge < -0.3 is 20.1 Å². The van der Waals surface area contributed by atoms with Crippen LogP contribution in [0.4, 0.5) is 0 Å². The Labute approximate surface area is 371 Å². The fourth-order valence-corrected chi connectivity index (χ4v) is 7.76. The Morgan fingerprint density at radius 1 is 0.500 bits per heavy atom. The van der Waals surface area contributed by atoms with Crippen LogP contribution >= 0.6 is 7.82 Å². The summed E-state index contributed by atoms with van der Waals surface area (Å²) >= 11 is 0. The second-order valence-corrected chi connectivity index (χ2v) is 18.1. The Morgan fingerprint density at radius 3 is 1.37 bits per heavy atom. The lowest BCUT2D eigenvalue weighted by atomic mass is 10.1. The summed E-state index contributed by atoms with van der Waals surface area (Å²) < 4.78 is 33.6. The molecule has 60 heavy (non-hydrogen) atoms. The second kappa shape index (κ2) is 48.5. The van der Waals surface area contributed by atoms with Gasteiger partial charge in [0.2, 0.25) is 0 Å². The molecule has 0 saturated heterocycles. The maximum Gasteiger partial charge on any atom is 0.472 e. The zero-order valence-electron chi connectivity index (χ0n) is 39.2. The highest BCUT2D eigenvalue weighted by molar-refractivity contribution is 7.47. The van der Waals surface area contributed by atoms with Gasteiger partial charge in [0.1, 0.15) is 6.10 Å². The molecule has 0 aliphatic heterocycles. The minimum atomic E-state index is -4.29. The molecule has 3 N–H and O–H groups in total. The minimum Gasteiger partial charge on any atom is -0.457 e. The quantitative estimate of drug-likeness (QED) is 0.0269. The van der Waals surface area contributed by atoms with Gasteiger partial charge >= 0.3 is 13.8 Å². The molecule has 0 rings (SSSR count). The van der Waals surface area contributed by atoms with Gasteiger partial charge in [-0.15, -0.1) is 0 Å². The van der Waals surface area contributed by atoms with Crippen LogP contribution in [0.5, 0.6) is 0 Å². The number of hydrogen-bond donors (Lipinski definition) is 2. The predicted octanol–water partition coefficient (Wildman–Crippen LogP) is 15.5. The van der Waals surface area contributed by atoms with Crippen molar-refractivity contribution in [1.29, 1.82) is 0 Å². The van der Waals surface area contributed by atoms with Crippen LogP contribution in [0, 0.1) is 0 Å². The molecule has 0 aliphatic rings. The van der Waals surface area contributed by atoms with Gasteiger partial charge in [-0.1, -0.05) is 197 Å². The Morgan fingerprint density at radius 2 is 0.883 bits per heavy atom. The van der Waals surface area contributed by atoms with Gasteiger partial charge in [-0.3, -0.25) is 13.8 Å². The van der Waals surface area contributed by atoms with Crippen molar-refractivity contribution in [3.05, 3.63) is 48.6 Å². The van der Waals surface area contributed by atoms with Gasteiger partial charge in [0, 0.05) is 19.6 Å². The van der Waals surface area contributed by atoms with E-state index in [1.165, 1.54) is 154 Å². The minimum absolute atomic E-state index is 0.0968. The summed E-state index contributed by atoms with van der Waals surface area (Å²) in [5.74, 6) is -0.341. The maximum absolute atomic E-state index is 12.6. The molecule has 2 unspecified atom stereocenters. The molecule has 0 saturated carbocycles. The molecule has 2 atom stereocenters. The lowest BCUT2D eigenvalue weighted by Gasteiger charge is -2.20. The number of nitrogens with two attached hydrogens (primary N) is 1. The Balaban J connectivity index is 3.97. The Hall–Kier alpha value is -1.54. The van der Waals surface area contributed by atoms with Crippen molar-refractivity contribution >= 4 is 13.8 Å². The van der Waals surface area contributed by atoms with Crippen LogP contribution in [0.25, 0.3) is 0 Å². The highest BCUT2D eigenvalue weighted by Crippen LogP contribution is 2.43. The molecule has 9 heteroatoms. The zero-order chi connectivity index (χ0) is 43.7. The first-order chi connectivity index (χ1) is 29.4. The smallest absolute Gasteiger partial charge is 0.457 e. The summed E-state index contributed by atoms with van der Waals surface area (Å²) in [5.41, 5.74) is 5.39. The van der Waals surface area contributed by atoms with Gasteiger partial charge in [0.05, 0.1) is 19.8 Å². The molecule has 0 amide bonds. The number of ether oxygens (including phenoxy) is 2. The van der Waals surface area contributed by atoms with E-state index in [-0.39, 0.29) is 32.3 Å². The summed E-state index contributed by atoms with van der Waals surface area (Å²) in [4.78, 5) is 22.6. The molecule has 0 radical (unpaired) electrons. The van der Waals surface area contributed by atoms with Crippen molar-refractivity contribution in [2.24, 2.45) is 5.73 Å². The molecule has 8 nitrogen and oxygen atoms in total. The van der Waals surface area contributed by atoms with Gasteiger partial charge in [0.15, 0.2) is 0 Å². The number of allylic oxidation sites excluding steroid dienone is 8. The third-order valence-corrected chi connectivity index (χ3v) is 11.7. The lowest BCUT2D eigenvalue weighted by Crippen LogP contribution is -2.28. The first-order valence-electron chi connectivity index (χ1n) is 25.1. The molecular formula is C51H96NO7P. The van der Waals surface area contributed by atoms with E-state index in [4.69, 9.17) is 24.3 Å². The zero-order valence-corrected chi connectivity index (χ0v) is 40.1. The maximum atomic E-state index is 12.6. The van der Waals surface area contributed by atoms with E-state index in [0.29, 0.717) is 13.0 Å². The molecule has 0 aromatic heterocycles. The van der Waals surface area contributed by atoms with Gasteiger partial charge in [0.25, 0.3) is 0 Å². The number of rotatable bonds is 48. The molecule has 0 bridgehead atoms. The van der Waals surface area contributed by atoms with E-state index in [9.17, 15) is 14.3 Å². The summed E-state index contributed by atoms with van der Waals surface area (Å²) in [6.07, 6.45) is 58.5. The molecule has 0 aliphatic carbocycles. The Kier molecular flexibility index (Phi) is 47.2. The van der Waals surface area contributed by atoms with Crippen molar-refractivity contribution in [2.75, 3.05) is 33.0 Å². The van der Waals surface area contributed by atoms with Crippen molar-refractivity contribution in [1.82, 2.24) is 0 Å². The van der Waals surface area contributed by atoms with Crippen LogP contribution in [-0.4, -0.2) is 49.9 Å². The standard InChI is InChI=1S/C51H96NO7P/c1-3-5-7-9-11-13-15-17-19-21-23-24-25-27-29-31-33-35-37-39-41-43-46-56-48-50(49-58-60(54,55)57-47-45-52)59-51(53)44-42-40-38-36-34-32-30-28-26-22-20-18-16-14-12-10-8-6-4-2/h12,14,18,20-21,23,26,28,50H,3-11,13,15-17,19,22,24-25,27,29-49,52H2,1-2H3,(H,54,55)/b14-12-,20-18-,23-21-,28-26-. The van der Waals surface area contributed by atoms with E-state index in [2.05, 4.69) is 62.5 Å². The summed E-state index contributed by atoms with van der Waals surface area (Å²) in [7, 11) is -4.29. The molecule has 0 heterocycles. The van der Waals surface area contributed by atoms with Crippen LogP contribution in [0.3, 0.4) is 0 Å². The highest BCUT2D eigenvalue weighted by atomic mass is 31.2. The summed E-state index contributed by atoms with van der Waals surface area (Å²) in [5, 5.41) is 0. The number of carbonyl (C=O) groups is 1. The number of phosphoric ester groups is 1. The van der Waals surface area contributed by atoms with E-state index < -0.39 is 13.9 Å². The second-order valence-electron chi connectivity index (χ2n) is 16.7. The monoisotopic (exact) mass is 866 g/mol. The van der Waals surface area contributed by atoms with Crippen molar-refractivity contribution in [3.63, 3.8) is 0 Å². The molecule has 0 aromatic carbocycles. The fraction of sp³-hybridized carbons (Fsp3) is 0.824. The average Bonchev–Trinajstić information content (AvgIpc) is 3.24. The molecule has 0 fully saturated rings. The highest BCUT2D eigenvalue weighted by Gasteiger charge is 2.25. The topological polar surface area (TPSA) is 117 Å². The molecular weight excluding hydrogens is 770 g/mol. The van der Waals surface area contributed by atoms with Crippen LogP contribution in [-0.2, 0) is 27.9 Å². The van der Waals surface area contributed by atoms with Crippen LogP contribution in [0.1, 0.15) is 232 Å². The van der Waals surface area contributed by atoms with Crippen molar-refractivity contribution < 1.29 is 32.8 Å². The van der Waals surface area contributed by atoms with E-state index in [1.807, 2.05) is 0 Å². The van der Waals surface area contributed by atoms with Crippen molar-refractivity contribution in [3.8, 4) is 0 Å². The van der Waals surface area contributed by atoms with Crippen LogP contribution in [0.2, 0.25) is 0 Å². The third-order valence-electron chi connectivity index (χ3n) is 10.7. The normalized spacial score (nSPS) is 13.7. The number of phosphoric acid groups is 1. The van der Waals surface area contributed by atoms with Crippen molar-refractivity contribution in [2.45, 2.75) is 238 Å². The number of esters is 1. The molecule has 352 valence electrons. The van der Waals surface area contributed by atoms with E-state index in [1.54, 1.807) is 0 Å². The average molecular weight is 866 g/mol. The first kappa shape index (κ1) is 58.5. The van der Waals surface area contributed by atoms with E-state index in [0.717, 1.165) is 57.8 Å². The van der Waals surface area contributed by atoms with Crippen LogP contribution < -0.4 is 5.73 Å². The van der Waals surface area contributed by atoms with Gasteiger partial charge in [-0.25, -0.2) is 4.57 Å². The lowest BCUT2D eigenvalue weighted by molar-refractivity contribution is -0.154. The molecule has 0 spiro atoms. The number of carbonyl (C=O) groups excluding carboxylic acids is 1. The summed E-state index contributed by atoms with van der Waals surface area (Å²) in [6.45, 7) is 4.90. The largest absolute Gasteiger partial charge is 0.472 e. The first-order valence-corrected chi connectivity index (χ1v) is 26.6. The fourth-order valence-electron chi connectivity index (χ4n) is 7.00. The third kappa shape index (κ3) is 47.5. The SMILES string of the molecule is CCCCC/C=C\C/C=C\C/C=C\CCCCCCCCC(=O)OC(COCCCCCCCCCCCC/C=C\CCCCCCCCCC)COP(=O)(O)OCCN. The summed E-state index contributed by atoms with van der Waals surface area (Å²) in [6, 6.07) is 0.